The average molecular weight is 243 g/mol. The molecule has 6 heteroatoms. The predicted octanol–water partition coefficient (Wildman–Crippen LogP) is 0.942. The van der Waals surface area contributed by atoms with Crippen molar-refractivity contribution in [1.29, 1.82) is 0 Å². The summed E-state index contributed by atoms with van der Waals surface area (Å²) in [6.07, 6.45) is 0. The van der Waals surface area contributed by atoms with Gasteiger partial charge in [0.05, 0.1) is 13.1 Å². The van der Waals surface area contributed by atoms with Crippen molar-refractivity contribution in [2.24, 2.45) is 0 Å². The van der Waals surface area contributed by atoms with Gasteiger partial charge >= 0.3 is 0 Å². The molecule has 1 fully saturated rings. The number of benzene rings is 1. The summed E-state index contributed by atoms with van der Waals surface area (Å²) in [5.41, 5.74) is 0.424. The quantitative estimate of drug-likeness (QED) is 0.746. The zero-order valence-electron chi connectivity index (χ0n) is 8.17. The standard InChI is InChI=1S/C10H8ClFN2O2/c11-6-1-7(12)3-8(2-6)14-4-9(15)13-10(16)5-14/h1-3H,4-5H2,(H,13,15,16). The van der Waals surface area contributed by atoms with E-state index in [2.05, 4.69) is 5.32 Å². The van der Waals surface area contributed by atoms with E-state index in [1.165, 1.54) is 17.0 Å². The van der Waals surface area contributed by atoms with Crippen LogP contribution in [0.25, 0.3) is 0 Å². The van der Waals surface area contributed by atoms with Crippen molar-refractivity contribution in [3.05, 3.63) is 29.0 Å². The first-order valence-electron chi connectivity index (χ1n) is 4.58. The maximum absolute atomic E-state index is 13.1. The van der Waals surface area contributed by atoms with Gasteiger partial charge in [-0.15, -0.1) is 0 Å². The van der Waals surface area contributed by atoms with Gasteiger partial charge in [0, 0.05) is 10.7 Å². The predicted molar refractivity (Wildman–Crippen MR) is 56.8 cm³/mol. The normalized spacial score (nSPS) is 16.2. The second kappa shape index (κ2) is 4.09. The minimum Gasteiger partial charge on any atom is -0.353 e. The molecular weight excluding hydrogens is 235 g/mol. The van der Waals surface area contributed by atoms with E-state index in [9.17, 15) is 14.0 Å². The summed E-state index contributed by atoms with van der Waals surface area (Å²) >= 11 is 5.69. The molecule has 84 valence electrons. The number of carbonyl (C=O) groups is 2. The number of anilines is 1. The number of carbonyl (C=O) groups excluding carboxylic acids is 2. The van der Waals surface area contributed by atoms with Crippen LogP contribution in [0, 0.1) is 5.82 Å². The molecule has 1 aromatic carbocycles. The number of hydrogen-bond donors (Lipinski definition) is 1. The van der Waals surface area contributed by atoms with Gasteiger partial charge in [-0.2, -0.15) is 0 Å². The fourth-order valence-electron chi connectivity index (χ4n) is 1.54. The van der Waals surface area contributed by atoms with E-state index in [0.717, 1.165) is 6.07 Å². The summed E-state index contributed by atoms with van der Waals surface area (Å²) in [7, 11) is 0. The Morgan fingerprint density at radius 3 is 2.38 bits per heavy atom. The summed E-state index contributed by atoms with van der Waals surface area (Å²) in [5.74, 6) is -1.31. The lowest BCUT2D eigenvalue weighted by Crippen LogP contribution is -2.51. The second-order valence-electron chi connectivity index (χ2n) is 3.46. The summed E-state index contributed by atoms with van der Waals surface area (Å²) in [6, 6.07) is 3.91. The number of piperazine rings is 1. The lowest BCUT2D eigenvalue weighted by atomic mass is 10.2. The molecule has 0 spiro atoms. The number of rotatable bonds is 1. The summed E-state index contributed by atoms with van der Waals surface area (Å²) in [6.45, 7) is 0.0387. The van der Waals surface area contributed by atoms with E-state index in [-0.39, 0.29) is 18.1 Å². The summed E-state index contributed by atoms with van der Waals surface area (Å²) in [4.78, 5) is 23.7. The van der Waals surface area contributed by atoms with E-state index in [1.807, 2.05) is 0 Å². The molecular formula is C10H8ClFN2O2. The van der Waals surface area contributed by atoms with Crippen LogP contribution >= 0.6 is 11.6 Å². The monoisotopic (exact) mass is 242 g/mol. The highest BCUT2D eigenvalue weighted by Crippen LogP contribution is 2.22. The molecule has 1 heterocycles. The van der Waals surface area contributed by atoms with Crippen molar-refractivity contribution in [3.8, 4) is 0 Å². The van der Waals surface area contributed by atoms with Crippen LogP contribution in [-0.2, 0) is 9.59 Å². The van der Waals surface area contributed by atoms with Crippen molar-refractivity contribution >= 4 is 29.1 Å². The molecule has 0 bridgehead atoms. The number of halogens is 2. The van der Waals surface area contributed by atoms with Crippen LogP contribution in [0.3, 0.4) is 0 Å². The van der Waals surface area contributed by atoms with Crippen molar-refractivity contribution in [2.75, 3.05) is 18.0 Å². The van der Waals surface area contributed by atoms with E-state index in [0.29, 0.717) is 5.69 Å². The summed E-state index contributed by atoms with van der Waals surface area (Å²) in [5, 5.41) is 2.39. The topological polar surface area (TPSA) is 49.4 Å². The Morgan fingerprint density at radius 1 is 1.19 bits per heavy atom. The molecule has 0 aromatic heterocycles. The summed E-state index contributed by atoms with van der Waals surface area (Å²) < 4.78 is 13.1. The van der Waals surface area contributed by atoms with Gasteiger partial charge in [0.2, 0.25) is 11.8 Å². The highest BCUT2D eigenvalue weighted by molar-refractivity contribution is 6.30. The van der Waals surface area contributed by atoms with Crippen molar-refractivity contribution in [1.82, 2.24) is 5.32 Å². The molecule has 0 unspecified atom stereocenters. The Bertz CT molecular complexity index is 428. The van der Waals surface area contributed by atoms with Crippen LogP contribution in [0.5, 0.6) is 0 Å². The van der Waals surface area contributed by atoms with Gasteiger partial charge in [-0.3, -0.25) is 14.9 Å². The minimum absolute atomic E-state index is 0.0194. The zero-order valence-corrected chi connectivity index (χ0v) is 8.92. The highest BCUT2D eigenvalue weighted by atomic mass is 35.5. The first-order valence-corrected chi connectivity index (χ1v) is 4.96. The highest BCUT2D eigenvalue weighted by Gasteiger charge is 2.23. The molecule has 0 aliphatic carbocycles. The SMILES string of the molecule is O=C1CN(c2cc(F)cc(Cl)c2)CC(=O)N1. The first-order chi connectivity index (χ1) is 7.54. The van der Waals surface area contributed by atoms with Crippen LogP contribution in [-0.4, -0.2) is 24.9 Å². The van der Waals surface area contributed by atoms with E-state index >= 15 is 0 Å². The molecule has 0 saturated carbocycles. The van der Waals surface area contributed by atoms with Gasteiger partial charge in [0.25, 0.3) is 0 Å². The van der Waals surface area contributed by atoms with Gasteiger partial charge < -0.3 is 4.90 Å². The molecule has 2 rings (SSSR count). The molecule has 2 amide bonds. The molecule has 1 aromatic rings. The maximum atomic E-state index is 13.1. The largest absolute Gasteiger partial charge is 0.353 e. The van der Waals surface area contributed by atoms with Gasteiger partial charge in [-0.05, 0) is 18.2 Å². The molecule has 16 heavy (non-hydrogen) atoms. The lowest BCUT2D eigenvalue weighted by molar-refractivity contribution is -0.130. The number of imide groups is 1. The number of nitrogens with one attached hydrogen (secondary N) is 1. The number of hydrogen-bond acceptors (Lipinski definition) is 3. The Hall–Kier alpha value is -1.62. The Balaban J connectivity index is 2.29. The minimum atomic E-state index is -0.499. The van der Waals surface area contributed by atoms with Gasteiger partial charge in [0.15, 0.2) is 0 Å². The van der Waals surface area contributed by atoms with E-state index in [1.54, 1.807) is 0 Å². The molecule has 1 aliphatic heterocycles. The van der Waals surface area contributed by atoms with Crippen LogP contribution in [0.2, 0.25) is 5.02 Å². The van der Waals surface area contributed by atoms with Gasteiger partial charge in [-0.25, -0.2) is 4.39 Å². The van der Waals surface area contributed by atoms with Crippen LogP contribution < -0.4 is 10.2 Å². The van der Waals surface area contributed by atoms with Crippen LogP contribution in [0.1, 0.15) is 0 Å². The van der Waals surface area contributed by atoms with Crippen molar-refractivity contribution < 1.29 is 14.0 Å². The second-order valence-corrected chi connectivity index (χ2v) is 3.89. The first kappa shape index (κ1) is 10.9. The molecule has 0 atom stereocenters. The lowest BCUT2D eigenvalue weighted by Gasteiger charge is -2.27. The van der Waals surface area contributed by atoms with Gasteiger partial charge in [-0.1, -0.05) is 11.6 Å². The Morgan fingerprint density at radius 2 is 1.81 bits per heavy atom. The average Bonchev–Trinajstić information content (AvgIpc) is 2.14. The molecule has 4 nitrogen and oxygen atoms in total. The smallest absolute Gasteiger partial charge is 0.246 e. The van der Waals surface area contributed by atoms with Crippen molar-refractivity contribution in [3.63, 3.8) is 0 Å². The molecule has 1 N–H and O–H groups in total. The third-order valence-corrected chi connectivity index (χ3v) is 2.38. The van der Waals surface area contributed by atoms with Crippen LogP contribution in [0.15, 0.2) is 18.2 Å². The third kappa shape index (κ3) is 2.30. The maximum Gasteiger partial charge on any atom is 0.246 e. The zero-order chi connectivity index (χ0) is 11.7. The Kier molecular flexibility index (Phi) is 2.78. The molecule has 1 aliphatic rings. The number of nitrogens with zero attached hydrogens (tertiary/aromatic N) is 1. The number of amides is 2. The molecule has 1 saturated heterocycles. The van der Waals surface area contributed by atoms with Crippen molar-refractivity contribution in [2.45, 2.75) is 0 Å². The van der Waals surface area contributed by atoms with Gasteiger partial charge in [0.1, 0.15) is 5.82 Å². The Labute approximate surface area is 96.0 Å². The fourth-order valence-corrected chi connectivity index (χ4v) is 1.76. The molecule has 0 radical (unpaired) electrons. The fraction of sp³-hybridized carbons (Fsp3) is 0.200. The third-order valence-electron chi connectivity index (χ3n) is 2.16. The van der Waals surface area contributed by atoms with E-state index < -0.39 is 17.6 Å². The van der Waals surface area contributed by atoms with E-state index in [4.69, 9.17) is 11.6 Å². The van der Waals surface area contributed by atoms with Crippen LogP contribution in [0.4, 0.5) is 10.1 Å².